The third-order valence-corrected chi connectivity index (χ3v) is 4.43. The molecule has 4 aromatic rings. The summed E-state index contributed by atoms with van der Waals surface area (Å²) in [6, 6.07) is 5.84. The van der Waals surface area contributed by atoms with Gasteiger partial charge in [0, 0.05) is 44.8 Å². The molecule has 8 nitrogen and oxygen atoms in total. The zero-order chi connectivity index (χ0) is 19.8. The maximum absolute atomic E-state index is 13.2. The number of aromatic nitrogens is 5. The van der Waals surface area contributed by atoms with Crippen molar-refractivity contribution in [1.82, 2.24) is 29.0 Å². The Bertz CT molecular complexity index is 1240. The van der Waals surface area contributed by atoms with E-state index in [1.54, 1.807) is 49.5 Å². The second-order valence-electron chi connectivity index (χ2n) is 6.45. The van der Waals surface area contributed by atoms with Crippen LogP contribution >= 0.6 is 0 Å². The summed E-state index contributed by atoms with van der Waals surface area (Å²) in [6.45, 7) is 0.305. The lowest BCUT2D eigenvalue weighted by Gasteiger charge is -2.09. The normalized spacial score (nSPS) is 11.1. The van der Waals surface area contributed by atoms with Crippen molar-refractivity contribution in [3.05, 3.63) is 76.5 Å². The molecule has 0 saturated heterocycles. The van der Waals surface area contributed by atoms with Crippen LogP contribution < -0.4 is 10.9 Å². The molecule has 9 heteroatoms. The SMILES string of the molecule is Cn1cc(CNC(=O)c2cn3cc(-c4ccc(F)cc4)n(C)c(=O)c3n2)cn1. The van der Waals surface area contributed by atoms with Gasteiger partial charge < -0.3 is 9.88 Å². The van der Waals surface area contributed by atoms with Crippen molar-refractivity contribution in [2.45, 2.75) is 6.54 Å². The molecule has 1 amide bonds. The number of nitrogens with one attached hydrogen (secondary N) is 1. The van der Waals surface area contributed by atoms with Gasteiger partial charge >= 0.3 is 0 Å². The van der Waals surface area contributed by atoms with Crippen LogP contribution in [0.1, 0.15) is 16.1 Å². The van der Waals surface area contributed by atoms with E-state index in [0.717, 1.165) is 5.56 Å². The highest BCUT2D eigenvalue weighted by atomic mass is 19.1. The van der Waals surface area contributed by atoms with Gasteiger partial charge in [0.1, 0.15) is 11.5 Å². The van der Waals surface area contributed by atoms with Crippen LogP contribution in [0.15, 0.2) is 53.8 Å². The first kappa shape index (κ1) is 17.7. The Labute approximate surface area is 158 Å². The van der Waals surface area contributed by atoms with Crippen molar-refractivity contribution in [2.75, 3.05) is 0 Å². The zero-order valence-corrected chi connectivity index (χ0v) is 15.3. The lowest BCUT2D eigenvalue weighted by molar-refractivity contribution is 0.0946. The lowest BCUT2D eigenvalue weighted by atomic mass is 10.1. The summed E-state index contributed by atoms with van der Waals surface area (Å²) in [7, 11) is 3.40. The number of hydrogen-bond donors (Lipinski definition) is 1. The van der Waals surface area contributed by atoms with E-state index in [1.807, 2.05) is 0 Å². The van der Waals surface area contributed by atoms with Gasteiger partial charge in [-0.1, -0.05) is 0 Å². The molecule has 0 bridgehead atoms. The summed E-state index contributed by atoms with van der Waals surface area (Å²) < 4.78 is 17.8. The minimum atomic E-state index is -0.391. The lowest BCUT2D eigenvalue weighted by Crippen LogP contribution is -2.23. The number of carbonyl (C=O) groups is 1. The van der Waals surface area contributed by atoms with E-state index in [1.165, 1.54) is 27.3 Å². The quantitative estimate of drug-likeness (QED) is 0.581. The third kappa shape index (κ3) is 3.18. The van der Waals surface area contributed by atoms with Crippen LogP contribution in [0.4, 0.5) is 4.39 Å². The molecule has 142 valence electrons. The molecule has 0 atom stereocenters. The van der Waals surface area contributed by atoms with Crippen LogP contribution in [0.5, 0.6) is 0 Å². The molecule has 3 aromatic heterocycles. The van der Waals surface area contributed by atoms with Gasteiger partial charge in [0.05, 0.1) is 11.9 Å². The molecule has 0 spiro atoms. The zero-order valence-electron chi connectivity index (χ0n) is 15.3. The smallest absolute Gasteiger partial charge is 0.294 e. The molecule has 3 heterocycles. The predicted molar refractivity (Wildman–Crippen MR) is 100 cm³/mol. The largest absolute Gasteiger partial charge is 0.346 e. The average molecular weight is 380 g/mol. The van der Waals surface area contributed by atoms with Crippen molar-refractivity contribution >= 4 is 11.6 Å². The van der Waals surface area contributed by atoms with Crippen LogP contribution in [0, 0.1) is 5.82 Å². The first-order chi connectivity index (χ1) is 13.4. The average Bonchev–Trinajstić information content (AvgIpc) is 3.30. The van der Waals surface area contributed by atoms with Gasteiger partial charge in [0.15, 0.2) is 0 Å². The predicted octanol–water partition coefficient (Wildman–Crippen LogP) is 1.50. The fourth-order valence-corrected chi connectivity index (χ4v) is 2.96. The first-order valence-electron chi connectivity index (χ1n) is 8.53. The molecule has 0 fully saturated rings. The van der Waals surface area contributed by atoms with Crippen molar-refractivity contribution in [3.8, 4) is 11.3 Å². The standard InChI is InChI=1S/C19H17FN6O2/c1-24-9-12(8-22-24)7-21-18(27)15-10-26-11-16(13-3-5-14(20)6-4-13)25(2)19(28)17(26)23-15/h3-6,8-11H,7H2,1-2H3,(H,21,27). The Kier molecular flexibility index (Phi) is 4.26. The molecular formula is C19H17FN6O2. The van der Waals surface area contributed by atoms with Crippen molar-refractivity contribution in [2.24, 2.45) is 14.1 Å². The summed E-state index contributed by atoms with van der Waals surface area (Å²) in [5.41, 5.74) is 2.04. The van der Waals surface area contributed by atoms with Gasteiger partial charge in [-0.3, -0.25) is 18.7 Å². The molecule has 0 saturated carbocycles. The Morgan fingerprint density at radius 1 is 1.14 bits per heavy atom. The molecule has 0 aliphatic heterocycles. The number of hydrogen-bond acceptors (Lipinski definition) is 4. The van der Waals surface area contributed by atoms with Crippen molar-refractivity contribution in [3.63, 3.8) is 0 Å². The van der Waals surface area contributed by atoms with Crippen LogP contribution in [-0.2, 0) is 20.6 Å². The molecular weight excluding hydrogens is 363 g/mol. The Hall–Kier alpha value is -3.75. The summed E-state index contributed by atoms with van der Waals surface area (Å²) in [4.78, 5) is 29.3. The van der Waals surface area contributed by atoms with Crippen LogP contribution in [-0.4, -0.2) is 29.6 Å². The monoisotopic (exact) mass is 380 g/mol. The molecule has 28 heavy (non-hydrogen) atoms. The number of benzene rings is 1. The highest BCUT2D eigenvalue weighted by molar-refractivity contribution is 5.92. The maximum atomic E-state index is 13.2. The molecule has 1 aromatic carbocycles. The van der Waals surface area contributed by atoms with E-state index in [-0.39, 0.29) is 22.7 Å². The number of rotatable bonds is 4. The molecule has 0 radical (unpaired) electrons. The molecule has 0 aliphatic carbocycles. The second-order valence-corrected chi connectivity index (χ2v) is 6.45. The van der Waals surface area contributed by atoms with E-state index in [4.69, 9.17) is 0 Å². The Balaban J connectivity index is 1.66. The minimum absolute atomic E-state index is 0.136. The van der Waals surface area contributed by atoms with Crippen LogP contribution in [0.3, 0.4) is 0 Å². The van der Waals surface area contributed by atoms with E-state index in [9.17, 15) is 14.0 Å². The van der Waals surface area contributed by atoms with E-state index >= 15 is 0 Å². The van der Waals surface area contributed by atoms with Crippen LogP contribution in [0.25, 0.3) is 16.9 Å². The molecule has 4 rings (SSSR count). The number of fused-ring (bicyclic) bond motifs is 1. The topological polar surface area (TPSA) is 86.2 Å². The maximum Gasteiger partial charge on any atom is 0.294 e. The van der Waals surface area contributed by atoms with E-state index in [0.29, 0.717) is 17.8 Å². The van der Waals surface area contributed by atoms with Gasteiger partial charge in [0.2, 0.25) is 5.65 Å². The number of carbonyl (C=O) groups excluding carboxylic acids is 1. The van der Waals surface area contributed by atoms with Crippen molar-refractivity contribution < 1.29 is 9.18 Å². The van der Waals surface area contributed by atoms with Crippen molar-refractivity contribution in [1.29, 1.82) is 0 Å². The first-order valence-corrected chi connectivity index (χ1v) is 8.53. The molecule has 0 aliphatic rings. The second kappa shape index (κ2) is 6.76. The summed E-state index contributed by atoms with van der Waals surface area (Å²) >= 11 is 0. The Morgan fingerprint density at radius 2 is 1.89 bits per heavy atom. The number of nitrogens with zero attached hydrogens (tertiary/aromatic N) is 5. The van der Waals surface area contributed by atoms with Gasteiger partial charge in [-0.15, -0.1) is 0 Å². The van der Waals surface area contributed by atoms with Gasteiger partial charge in [0.25, 0.3) is 11.5 Å². The summed E-state index contributed by atoms with van der Waals surface area (Å²) in [5.74, 6) is -0.747. The number of imidazole rings is 1. The van der Waals surface area contributed by atoms with Crippen LogP contribution in [0.2, 0.25) is 0 Å². The summed E-state index contributed by atoms with van der Waals surface area (Å²) in [6.07, 6.45) is 6.65. The fraction of sp³-hybridized carbons (Fsp3) is 0.158. The number of amides is 1. The highest BCUT2D eigenvalue weighted by Crippen LogP contribution is 2.18. The minimum Gasteiger partial charge on any atom is -0.346 e. The van der Waals surface area contributed by atoms with E-state index < -0.39 is 5.91 Å². The van der Waals surface area contributed by atoms with Gasteiger partial charge in [-0.25, -0.2) is 9.37 Å². The number of aryl methyl sites for hydroxylation is 1. The van der Waals surface area contributed by atoms with Gasteiger partial charge in [-0.05, 0) is 29.8 Å². The Morgan fingerprint density at radius 3 is 2.57 bits per heavy atom. The number of halogens is 1. The highest BCUT2D eigenvalue weighted by Gasteiger charge is 2.16. The molecule has 0 unspecified atom stereocenters. The molecule has 1 N–H and O–H groups in total. The van der Waals surface area contributed by atoms with Gasteiger partial charge in [-0.2, -0.15) is 5.10 Å². The summed E-state index contributed by atoms with van der Waals surface area (Å²) in [5, 5.41) is 6.80. The van der Waals surface area contributed by atoms with E-state index in [2.05, 4.69) is 15.4 Å². The third-order valence-electron chi connectivity index (χ3n) is 4.43. The fourth-order valence-electron chi connectivity index (χ4n) is 2.96.